The number of aromatic nitrogens is 8. The average molecular weight is 777 g/mol. The van der Waals surface area contributed by atoms with Gasteiger partial charge in [-0.3, -0.25) is 39.2 Å². The number of aryl methyl sites for hydroxylation is 4. The molecule has 0 unspecified atom stereocenters. The minimum Gasteiger partial charge on any atom is -0.494 e. The second-order valence-electron chi connectivity index (χ2n) is 12.9. The van der Waals surface area contributed by atoms with Crippen LogP contribution < -0.4 is 31.6 Å². The second kappa shape index (κ2) is 17.2. The Kier molecular flexibility index (Phi) is 11.9. The van der Waals surface area contributed by atoms with Crippen LogP contribution in [-0.4, -0.2) is 82.9 Å². The largest absolute Gasteiger partial charge is 0.494 e. The summed E-state index contributed by atoms with van der Waals surface area (Å²) in [7, 11) is 1.46. The molecule has 0 aliphatic carbocycles. The van der Waals surface area contributed by atoms with Crippen LogP contribution in [0.2, 0.25) is 0 Å². The average Bonchev–Trinajstić information content (AvgIpc) is 3.96. The Bertz CT molecular complexity index is 2550. The van der Waals surface area contributed by atoms with Crippen molar-refractivity contribution in [2.45, 2.75) is 53.9 Å². The number of imidazole rings is 2. The zero-order valence-corrected chi connectivity index (χ0v) is 32.3. The van der Waals surface area contributed by atoms with Crippen molar-refractivity contribution in [1.29, 1.82) is 0 Å². The number of primary amides is 1. The van der Waals surface area contributed by atoms with Gasteiger partial charge in [0.2, 0.25) is 17.8 Å². The smallest absolute Gasteiger partial charge is 0.276 e. The molecule has 0 spiro atoms. The molecule has 0 fully saturated rings. The van der Waals surface area contributed by atoms with E-state index in [0.717, 1.165) is 0 Å². The first-order valence-electron chi connectivity index (χ1n) is 18.2. The number of carbonyl (C=O) groups is 4. The van der Waals surface area contributed by atoms with Crippen LogP contribution >= 0.6 is 0 Å². The zero-order valence-electron chi connectivity index (χ0n) is 32.3. The Morgan fingerprint density at radius 2 is 1.30 bits per heavy atom. The Hall–Kier alpha value is -7.08. The standard InChI is InChI=1S/C39H44N12O6/c1-6-50-29(16-23(3)46-50)36(54)44-38-42-27-18-25(22-52)19-32(57-15-11-8-12-40)34(27)49(38)14-10-9-13-48-33-28(20-26(35(41)53)21-31(33)56-5)43-39(48)45-37(55)30-17-24(4)47-51(30)7-2/h8-11,16-22H,6-7,12-15,40H2,1-5H3,(H2,41,53)(H,42,44,54)(H,43,45,55)/b10-9+,11-8+. The molecule has 4 heterocycles. The minimum absolute atomic E-state index is 0.173. The van der Waals surface area contributed by atoms with E-state index in [0.29, 0.717) is 87.8 Å². The SMILES string of the molecule is CCn1nc(C)cc1C(=O)Nc1nc2cc(C(N)=O)cc(OC)c2n1C/C=C/Cn1c(NC(=O)c2cc(C)nn2CC)nc2cc(C=O)cc(OC/C=C/CN)c21. The topological polar surface area (TPSA) is 234 Å². The number of methoxy groups -OCH3 is 1. The van der Waals surface area contributed by atoms with Crippen LogP contribution in [0.1, 0.15) is 66.9 Å². The fourth-order valence-electron chi connectivity index (χ4n) is 6.43. The normalized spacial score (nSPS) is 11.6. The molecule has 6 rings (SSSR count). The number of carbonyl (C=O) groups excluding carboxylic acids is 4. The highest BCUT2D eigenvalue weighted by atomic mass is 16.5. The maximum absolute atomic E-state index is 13.7. The van der Waals surface area contributed by atoms with Crippen molar-refractivity contribution in [1.82, 2.24) is 38.7 Å². The lowest BCUT2D eigenvalue weighted by Crippen LogP contribution is -2.20. The lowest BCUT2D eigenvalue weighted by Gasteiger charge is -2.13. The number of benzene rings is 2. The number of fused-ring (bicyclic) bond motifs is 2. The minimum atomic E-state index is -0.665. The van der Waals surface area contributed by atoms with Crippen LogP contribution in [0.25, 0.3) is 22.1 Å². The Morgan fingerprint density at radius 3 is 1.79 bits per heavy atom. The fourth-order valence-corrected chi connectivity index (χ4v) is 6.43. The van der Waals surface area contributed by atoms with Crippen LogP contribution in [0.3, 0.4) is 0 Å². The number of nitrogens with two attached hydrogens (primary N) is 2. The Labute approximate surface area is 327 Å². The van der Waals surface area contributed by atoms with Crippen molar-refractivity contribution in [2.75, 3.05) is 30.9 Å². The summed E-state index contributed by atoms with van der Waals surface area (Å²) in [6.07, 6.45) is 7.91. The lowest BCUT2D eigenvalue weighted by atomic mass is 10.1. The molecular formula is C39H44N12O6. The summed E-state index contributed by atoms with van der Waals surface area (Å²) in [5.41, 5.74) is 15.7. The van der Waals surface area contributed by atoms with Gasteiger partial charge in [-0.25, -0.2) is 9.97 Å². The summed E-state index contributed by atoms with van der Waals surface area (Å²) >= 11 is 0. The van der Waals surface area contributed by atoms with Gasteiger partial charge in [0.05, 0.1) is 29.5 Å². The first-order valence-corrected chi connectivity index (χ1v) is 18.2. The molecule has 18 nitrogen and oxygen atoms in total. The highest BCUT2D eigenvalue weighted by Crippen LogP contribution is 2.33. The summed E-state index contributed by atoms with van der Waals surface area (Å²) in [5.74, 6) is -0.435. The van der Waals surface area contributed by atoms with Gasteiger partial charge in [-0.2, -0.15) is 10.2 Å². The summed E-state index contributed by atoms with van der Waals surface area (Å²) in [4.78, 5) is 60.8. The summed E-state index contributed by atoms with van der Waals surface area (Å²) < 4.78 is 18.5. The van der Waals surface area contributed by atoms with Crippen molar-refractivity contribution in [3.8, 4) is 11.5 Å². The van der Waals surface area contributed by atoms with E-state index in [1.165, 1.54) is 19.2 Å². The van der Waals surface area contributed by atoms with Crippen molar-refractivity contribution in [3.63, 3.8) is 0 Å². The zero-order chi connectivity index (χ0) is 40.8. The van der Waals surface area contributed by atoms with Crippen molar-refractivity contribution in [2.24, 2.45) is 11.5 Å². The van der Waals surface area contributed by atoms with E-state index < -0.39 is 17.7 Å². The van der Waals surface area contributed by atoms with Gasteiger partial charge in [-0.1, -0.05) is 24.3 Å². The third-order valence-corrected chi connectivity index (χ3v) is 8.98. The van der Waals surface area contributed by atoms with E-state index in [4.69, 9.17) is 25.9 Å². The number of hydrogen-bond acceptors (Lipinski definition) is 11. The van der Waals surface area contributed by atoms with E-state index in [1.54, 1.807) is 68.8 Å². The van der Waals surface area contributed by atoms with Gasteiger partial charge in [0.1, 0.15) is 46.8 Å². The molecule has 6 aromatic rings. The summed E-state index contributed by atoms with van der Waals surface area (Å²) in [6.45, 7) is 9.20. The number of rotatable bonds is 17. The molecular weight excluding hydrogens is 733 g/mol. The van der Waals surface area contributed by atoms with E-state index >= 15 is 0 Å². The maximum Gasteiger partial charge on any atom is 0.276 e. The van der Waals surface area contributed by atoms with Crippen LogP contribution in [0.5, 0.6) is 11.5 Å². The predicted octanol–water partition coefficient (Wildman–Crippen LogP) is 4.01. The third-order valence-electron chi connectivity index (χ3n) is 8.98. The van der Waals surface area contributed by atoms with Crippen molar-refractivity contribution in [3.05, 3.63) is 94.6 Å². The van der Waals surface area contributed by atoms with Gasteiger partial charge in [0, 0.05) is 43.9 Å². The number of anilines is 2. The van der Waals surface area contributed by atoms with Gasteiger partial charge in [-0.15, -0.1) is 0 Å². The molecule has 0 atom stereocenters. The van der Waals surface area contributed by atoms with Crippen LogP contribution in [-0.2, 0) is 26.2 Å². The first kappa shape index (κ1) is 39.6. The number of aldehydes is 1. The summed E-state index contributed by atoms with van der Waals surface area (Å²) in [5, 5.41) is 14.6. The fraction of sp³-hybridized carbons (Fsp3) is 0.282. The molecule has 6 N–H and O–H groups in total. The number of nitrogens with one attached hydrogen (secondary N) is 2. The number of hydrogen-bond donors (Lipinski definition) is 4. The van der Waals surface area contributed by atoms with Gasteiger partial charge in [-0.05, 0) is 64.1 Å². The lowest BCUT2D eigenvalue weighted by molar-refractivity contribution is 0.0994. The van der Waals surface area contributed by atoms with Crippen LogP contribution in [0.4, 0.5) is 11.9 Å². The molecule has 0 saturated carbocycles. The number of nitrogens with zero attached hydrogens (tertiary/aromatic N) is 8. The molecule has 0 bridgehead atoms. The van der Waals surface area contributed by atoms with Crippen LogP contribution in [0.15, 0.2) is 60.7 Å². The van der Waals surface area contributed by atoms with E-state index in [9.17, 15) is 19.2 Å². The van der Waals surface area contributed by atoms with Gasteiger partial charge >= 0.3 is 0 Å². The molecule has 18 heteroatoms. The molecule has 2 aromatic carbocycles. The van der Waals surface area contributed by atoms with Crippen molar-refractivity contribution < 1.29 is 28.7 Å². The second-order valence-corrected chi connectivity index (χ2v) is 12.9. The van der Waals surface area contributed by atoms with Gasteiger partial charge in [0.25, 0.3) is 11.8 Å². The van der Waals surface area contributed by atoms with E-state index in [2.05, 4.69) is 25.8 Å². The first-order chi connectivity index (χ1) is 27.5. The molecule has 3 amide bonds. The number of allylic oxidation sites excluding steroid dienone is 2. The Morgan fingerprint density at radius 1 is 0.754 bits per heavy atom. The van der Waals surface area contributed by atoms with Crippen molar-refractivity contribution >= 4 is 58.0 Å². The number of amides is 3. The quantitative estimate of drug-likeness (QED) is 0.0763. The van der Waals surface area contributed by atoms with E-state index in [-0.39, 0.29) is 37.2 Å². The molecule has 57 heavy (non-hydrogen) atoms. The monoisotopic (exact) mass is 776 g/mol. The highest BCUT2D eigenvalue weighted by Gasteiger charge is 2.23. The van der Waals surface area contributed by atoms with Gasteiger partial charge < -0.3 is 30.1 Å². The summed E-state index contributed by atoms with van der Waals surface area (Å²) in [6, 6.07) is 9.66. The molecule has 0 saturated heterocycles. The Balaban J connectivity index is 1.40. The molecule has 4 aromatic heterocycles. The number of ether oxygens (including phenoxy) is 2. The molecule has 0 aliphatic heterocycles. The van der Waals surface area contributed by atoms with Gasteiger partial charge in [0.15, 0.2) is 0 Å². The molecule has 296 valence electrons. The highest BCUT2D eigenvalue weighted by molar-refractivity contribution is 6.05. The molecule has 0 radical (unpaired) electrons. The maximum atomic E-state index is 13.7. The van der Waals surface area contributed by atoms with E-state index in [1.807, 2.05) is 26.0 Å². The predicted molar refractivity (Wildman–Crippen MR) is 214 cm³/mol. The van der Waals surface area contributed by atoms with Crippen LogP contribution in [0, 0.1) is 13.8 Å². The third kappa shape index (κ3) is 8.30. The molecule has 0 aliphatic rings.